The Morgan fingerprint density at radius 2 is 2.20 bits per heavy atom. The smallest absolute Gasteiger partial charge is 0.248 e. The highest BCUT2D eigenvalue weighted by Gasteiger charge is 2.38. The van der Waals surface area contributed by atoms with E-state index in [2.05, 4.69) is 20.8 Å². The van der Waals surface area contributed by atoms with Gasteiger partial charge in [-0.2, -0.15) is 0 Å². The molecule has 0 aromatic rings. The molecule has 0 aromatic heterocycles. The lowest BCUT2D eigenvalue weighted by atomic mass is 9.87. The average molecular weight is 215 g/mol. The van der Waals surface area contributed by atoms with E-state index < -0.39 is 6.10 Å². The van der Waals surface area contributed by atoms with Crippen molar-refractivity contribution in [3.63, 3.8) is 0 Å². The van der Waals surface area contributed by atoms with Gasteiger partial charge in [-0.3, -0.25) is 9.63 Å². The summed E-state index contributed by atoms with van der Waals surface area (Å²) in [6, 6.07) is 0. The maximum absolute atomic E-state index is 11.6. The van der Waals surface area contributed by atoms with Crippen molar-refractivity contribution in [2.75, 3.05) is 6.54 Å². The number of rotatable bonds is 3. The van der Waals surface area contributed by atoms with Gasteiger partial charge >= 0.3 is 0 Å². The van der Waals surface area contributed by atoms with Crippen LogP contribution in [0.2, 0.25) is 0 Å². The molecule has 0 spiro atoms. The number of aliphatic hydroxyl groups excluding tert-OH is 1. The van der Waals surface area contributed by atoms with Gasteiger partial charge in [0.05, 0.1) is 25.2 Å². The molecular weight excluding hydrogens is 194 g/mol. The topological polar surface area (TPSA) is 49.8 Å². The molecular formula is C11H21NO3. The number of hydrogen-bond donors (Lipinski definition) is 1. The lowest BCUT2D eigenvalue weighted by Crippen LogP contribution is -2.30. The monoisotopic (exact) mass is 215 g/mol. The van der Waals surface area contributed by atoms with Crippen LogP contribution in [0.3, 0.4) is 0 Å². The fourth-order valence-electron chi connectivity index (χ4n) is 1.46. The first-order chi connectivity index (χ1) is 6.80. The summed E-state index contributed by atoms with van der Waals surface area (Å²) in [5, 5.41) is 10.5. The van der Waals surface area contributed by atoms with Gasteiger partial charge in [-0.15, -0.1) is 0 Å². The SMILES string of the molecule is CC(O)CCN1OC(C(C)(C)C)CC1=O. The van der Waals surface area contributed by atoms with Crippen LogP contribution >= 0.6 is 0 Å². The Bertz CT molecular complexity index is 232. The van der Waals surface area contributed by atoms with Crippen molar-refractivity contribution in [2.24, 2.45) is 5.41 Å². The van der Waals surface area contributed by atoms with Crippen molar-refractivity contribution in [3.8, 4) is 0 Å². The van der Waals surface area contributed by atoms with E-state index in [1.807, 2.05) is 0 Å². The van der Waals surface area contributed by atoms with Crippen LogP contribution in [0.5, 0.6) is 0 Å². The normalized spacial score (nSPS) is 24.7. The molecule has 0 bridgehead atoms. The predicted molar refractivity (Wildman–Crippen MR) is 57.0 cm³/mol. The molecule has 4 heteroatoms. The summed E-state index contributed by atoms with van der Waals surface area (Å²) >= 11 is 0. The number of nitrogens with zero attached hydrogens (tertiary/aromatic N) is 1. The van der Waals surface area contributed by atoms with Gasteiger partial charge in [-0.25, -0.2) is 5.06 Å². The van der Waals surface area contributed by atoms with E-state index in [-0.39, 0.29) is 17.4 Å². The second-order valence-electron chi connectivity index (χ2n) is 5.30. The maximum Gasteiger partial charge on any atom is 0.248 e. The van der Waals surface area contributed by atoms with Gasteiger partial charge in [0.1, 0.15) is 0 Å². The highest BCUT2D eigenvalue weighted by Crippen LogP contribution is 2.30. The quantitative estimate of drug-likeness (QED) is 0.772. The minimum absolute atomic E-state index is 0.0186. The van der Waals surface area contributed by atoms with Crippen LogP contribution in [0.15, 0.2) is 0 Å². The molecule has 1 amide bonds. The third kappa shape index (κ3) is 3.47. The van der Waals surface area contributed by atoms with E-state index in [0.29, 0.717) is 19.4 Å². The molecule has 1 N–H and O–H groups in total. The maximum atomic E-state index is 11.6. The number of carbonyl (C=O) groups excluding carboxylic acids is 1. The number of hydrogen-bond acceptors (Lipinski definition) is 3. The minimum atomic E-state index is -0.393. The Hall–Kier alpha value is -0.610. The van der Waals surface area contributed by atoms with Gasteiger partial charge in [-0.05, 0) is 18.8 Å². The van der Waals surface area contributed by atoms with E-state index in [1.54, 1.807) is 6.92 Å². The van der Waals surface area contributed by atoms with Crippen molar-refractivity contribution in [3.05, 3.63) is 0 Å². The summed E-state index contributed by atoms with van der Waals surface area (Å²) in [5.41, 5.74) is -0.0186. The highest BCUT2D eigenvalue weighted by molar-refractivity contribution is 5.77. The molecule has 15 heavy (non-hydrogen) atoms. The molecule has 0 aliphatic carbocycles. The second kappa shape index (κ2) is 4.49. The zero-order valence-electron chi connectivity index (χ0n) is 9.99. The van der Waals surface area contributed by atoms with E-state index in [9.17, 15) is 4.79 Å². The third-order valence-electron chi connectivity index (χ3n) is 2.61. The predicted octanol–water partition coefficient (Wildman–Crippen LogP) is 1.34. The number of amides is 1. The molecule has 1 fully saturated rings. The van der Waals surface area contributed by atoms with Crippen LogP contribution in [0.1, 0.15) is 40.5 Å². The van der Waals surface area contributed by atoms with Crippen LogP contribution in [0, 0.1) is 5.41 Å². The second-order valence-corrected chi connectivity index (χ2v) is 5.30. The highest BCUT2D eigenvalue weighted by atomic mass is 16.7. The van der Waals surface area contributed by atoms with Crippen LogP contribution in [-0.2, 0) is 9.63 Å². The Kier molecular flexibility index (Phi) is 3.73. The van der Waals surface area contributed by atoms with Gasteiger partial charge < -0.3 is 5.11 Å². The van der Waals surface area contributed by atoms with Gasteiger partial charge in [0.15, 0.2) is 0 Å². The third-order valence-corrected chi connectivity index (χ3v) is 2.61. The Morgan fingerprint density at radius 1 is 1.60 bits per heavy atom. The average Bonchev–Trinajstić information content (AvgIpc) is 2.42. The lowest BCUT2D eigenvalue weighted by Gasteiger charge is -2.26. The number of aliphatic hydroxyl groups is 1. The van der Waals surface area contributed by atoms with E-state index in [4.69, 9.17) is 9.94 Å². The van der Waals surface area contributed by atoms with Crippen molar-refractivity contribution in [1.82, 2.24) is 5.06 Å². The molecule has 0 aromatic carbocycles. The van der Waals surface area contributed by atoms with Gasteiger partial charge in [0.2, 0.25) is 5.91 Å². The zero-order chi connectivity index (χ0) is 11.6. The van der Waals surface area contributed by atoms with Gasteiger partial charge in [0, 0.05) is 0 Å². The minimum Gasteiger partial charge on any atom is -0.393 e. The molecule has 2 unspecified atom stereocenters. The molecule has 0 saturated carbocycles. The van der Waals surface area contributed by atoms with Gasteiger partial charge in [0.25, 0.3) is 0 Å². The summed E-state index contributed by atoms with van der Waals surface area (Å²) in [6.07, 6.45) is 0.570. The fraction of sp³-hybridized carbons (Fsp3) is 0.909. The first-order valence-electron chi connectivity index (χ1n) is 5.46. The summed E-state index contributed by atoms with van der Waals surface area (Å²) in [6.45, 7) is 8.36. The zero-order valence-corrected chi connectivity index (χ0v) is 9.99. The standard InChI is InChI=1S/C11H21NO3/c1-8(13)5-6-12-10(14)7-9(15-12)11(2,3)4/h8-9,13H,5-7H2,1-4H3. The molecule has 4 nitrogen and oxygen atoms in total. The molecule has 2 atom stereocenters. The molecule has 1 heterocycles. The summed E-state index contributed by atoms with van der Waals surface area (Å²) in [5.74, 6) is 0.0237. The summed E-state index contributed by atoms with van der Waals surface area (Å²) in [4.78, 5) is 17.1. The largest absolute Gasteiger partial charge is 0.393 e. The van der Waals surface area contributed by atoms with Crippen molar-refractivity contribution >= 4 is 5.91 Å². The molecule has 0 radical (unpaired) electrons. The molecule has 1 aliphatic heterocycles. The fourth-order valence-corrected chi connectivity index (χ4v) is 1.46. The van der Waals surface area contributed by atoms with Crippen LogP contribution in [0.25, 0.3) is 0 Å². The number of hydroxylamine groups is 2. The van der Waals surface area contributed by atoms with E-state index in [0.717, 1.165) is 0 Å². The Morgan fingerprint density at radius 3 is 2.60 bits per heavy atom. The Balaban J connectivity index is 2.46. The van der Waals surface area contributed by atoms with Gasteiger partial charge in [-0.1, -0.05) is 20.8 Å². The van der Waals surface area contributed by atoms with Crippen LogP contribution in [-0.4, -0.2) is 34.8 Å². The van der Waals surface area contributed by atoms with E-state index in [1.165, 1.54) is 5.06 Å². The first kappa shape index (κ1) is 12.5. The van der Waals surface area contributed by atoms with Crippen molar-refractivity contribution < 1.29 is 14.7 Å². The van der Waals surface area contributed by atoms with E-state index >= 15 is 0 Å². The molecule has 1 saturated heterocycles. The molecule has 1 aliphatic rings. The summed E-state index contributed by atoms with van der Waals surface area (Å²) < 4.78 is 0. The number of carbonyl (C=O) groups is 1. The molecule has 88 valence electrons. The lowest BCUT2D eigenvalue weighted by molar-refractivity contribution is -0.186. The van der Waals surface area contributed by atoms with Crippen LogP contribution in [0.4, 0.5) is 0 Å². The first-order valence-corrected chi connectivity index (χ1v) is 5.46. The molecule has 1 rings (SSSR count). The Labute approximate surface area is 91.2 Å². The van der Waals surface area contributed by atoms with Crippen molar-refractivity contribution in [2.45, 2.75) is 52.7 Å². The van der Waals surface area contributed by atoms with Crippen LogP contribution < -0.4 is 0 Å². The van der Waals surface area contributed by atoms with Crippen molar-refractivity contribution in [1.29, 1.82) is 0 Å². The summed E-state index contributed by atoms with van der Waals surface area (Å²) in [7, 11) is 0.